The minimum Gasteiger partial charge on any atom is -0.461 e. The monoisotopic (exact) mass is 400 g/mol. The topological polar surface area (TPSA) is 26.3 Å². The lowest BCUT2D eigenvalue weighted by Crippen LogP contribution is -2.24. The van der Waals surface area contributed by atoms with Gasteiger partial charge in [0.25, 0.3) is 0 Å². The molecule has 0 aromatic heterocycles. The van der Waals surface area contributed by atoms with Crippen molar-refractivity contribution in [1.29, 1.82) is 0 Å². The molecule has 0 spiro atoms. The number of hydrogen-bond donors (Lipinski definition) is 0. The van der Waals surface area contributed by atoms with E-state index in [-0.39, 0.29) is 19.0 Å². The highest BCUT2D eigenvalue weighted by Crippen LogP contribution is 2.34. The predicted molar refractivity (Wildman–Crippen MR) is 87.9 cm³/mol. The van der Waals surface area contributed by atoms with E-state index in [1.54, 1.807) is 0 Å². The summed E-state index contributed by atoms with van der Waals surface area (Å²) in [5.74, 6) is -0.847. The number of carbonyl (C=O) groups is 1. The molecule has 1 rings (SSSR count). The zero-order valence-electron chi connectivity index (χ0n) is 11.3. The summed E-state index contributed by atoms with van der Waals surface area (Å²) >= 11 is 20.4. The van der Waals surface area contributed by atoms with E-state index in [1.807, 2.05) is 26.0 Å². The van der Waals surface area contributed by atoms with Crippen LogP contribution in [0.15, 0.2) is 18.2 Å². The van der Waals surface area contributed by atoms with E-state index >= 15 is 0 Å². The molecule has 1 unspecified atom stereocenters. The average Bonchev–Trinajstić information content (AvgIpc) is 2.30. The van der Waals surface area contributed by atoms with Crippen LogP contribution in [0.1, 0.15) is 23.1 Å². The molecule has 0 aliphatic heterocycles. The molecule has 0 saturated heterocycles. The van der Waals surface area contributed by atoms with Crippen LogP contribution in [0.4, 0.5) is 0 Å². The van der Waals surface area contributed by atoms with Crippen molar-refractivity contribution >= 4 is 56.7 Å². The third-order valence-corrected chi connectivity index (χ3v) is 3.90. The van der Waals surface area contributed by atoms with E-state index in [0.717, 1.165) is 16.7 Å². The van der Waals surface area contributed by atoms with Gasteiger partial charge in [-0.05, 0) is 19.4 Å². The fourth-order valence-corrected chi connectivity index (χ4v) is 2.96. The second-order valence-corrected chi connectivity index (χ2v) is 7.94. The Labute approximate surface area is 142 Å². The number of halogens is 4. The molecule has 0 bridgehead atoms. The summed E-state index contributed by atoms with van der Waals surface area (Å²) in [7, 11) is 0. The molecule has 1 aromatic carbocycles. The first kappa shape index (κ1) is 18.1. The summed E-state index contributed by atoms with van der Waals surface area (Å²) in [6.45, 7) is 4.23. The minimum atomic E-state index is -1.46. The van der Waals surface area contributed by atoms with Gasteiger partial charge in [-0.2, -0.15) is 0 Å². The van der Waals surface area contributed by atoms with E-state index in [9.17, 15) is 4.79 Å². The van der Waals surface area contributed by atoms with E-state index in [2.05, 4.69) is 22.0 Å². The molecule has 0 aliphatic rings. The molecule has 0 amide bonds. The van der Waals surface area contributed by atoms with Crippen molar-refractivity contribution in [2.24, 2.45) is 5.92 Å². The fourth-order valence-electron chi connectivity index (χ4n) is 1.90. The van der Waals surface area contributed by atoms with Crippen LogP contribution in [0.2, 0.25) is 0 Å². The summed E-state index contributed by atoms with van der Waals surface area (Å²) in [6.07, 6.45) is 0.120. The van der Waals surface area contributed by atoms with Crippen molar-refractivity contribution in [3.63, 3.8) is 0 Å². The zero-order chi connectivity index (χ0) is 15.3. The van der Waals surface area contributed by atoms with Gasteiger partial charge in [-0.3, -0.25) is 4.79 Å². The molecular formula is C14H16BrCl3O2. The number of esters is 1. The molecule has 1 aromatic rings. The second-order valence-electron chi connectivity index (χ2n) is 4.77. The van der Waals surface area contributed by atoms with Crippen LogP contribution in [0.3, 0.4) is 0 Å². The van der Waals surface area contributed by atoms with Gasteiger partial charge in [0.1, 0.15) is 6.61 Å². The summed E-state index contributed by atoms with van der Waals surface area (Å²) in [5, 5.41) is 0.395. The SMILES string of the molecule is Cc1cc(C)cc(COC(=O)C(CBr)CC(Cl)(Cl)Cl)c1. The summed E-state index contributed by atoms with van der Waals surface area (Å²) in [5.41, 5.74) is 3.22. The summed E-state index contributed by atoms with van der Waals surface area (Å²) < 4.78 is 3.83. The van der Waals surface area contributed by atoms with Crippen molar-refractivity contribution < 1.29 is 9.53 Å². The maximum Gasteiger partial charge on any atom is 0.310 e. The van der Waals surface area contributed by atoms with Crippen LogP contribution in [-0.4, -0.2) is 15.1 Å². The molecule has 0 saturated carbocycles. The van der Waals surface area contributed by atoms with Gasteiger partial charge in [0, 0.05) is 11.8 Å². The van der Waals surface area contributed by atoms with E-state index < -0.39 is 9.71 Å². The third-order valence-electron chi connectivity index (χ3n) is 2.66. The lowest BCUT2D eigenvalue weighted by molar-refractivity contribution is -0.149. The number of benzene rings is 1. The molecule has 20 heavy (non-hydrogen) atoms. The molecule has 0 aliphatic carbocycles. The van der Waals surface area contributed by atoms with Crippen LogP contribution in [0, 0.1) is 19.8 Å². The van der Waals surface area contributed by atoms with Crippen molar-refractivity contribution in [1.82, 2.24) is 0 Å². The van der Waals surface area contributed by atoms with Gasteiger partial charge in [-0.1, -0.05) is 80.1 Å². The molecular weight excluding hydrogens is 386 g/mol. The Bertz CT molecular complexity index is 452. The molecule has 6 heteroatoms. The highest BCUT2D eigenvalue weighted by molar-refractivity contribution is 9.09. The van der Waals surface area contributed by atoms with Crippen molar-refractivity contribution in [2.75, 3.05) is 5.33 Å². The lowest BCUT2D eigenvalue weighted by Gasteiger charge is -2.18. The summed E-state index contributed by atoms with van der Waals surface area (Å²) in [6, 6.07) is 6.03. The highest BCUT2D eigenvalue weighted by Gasteiger charge is 2.30. The molecule has 112 valence electrons. The van der Waals surface area contributed by atoms with E-state index in [0.29, 0.717) is 5.33 Å². The molecule has 0 radical (unpaired) electrons. The van der Waals surface area contributed by atoms with Crippen LogP contribution >= 0.6 is 50.7 Å². The Balaban J connectivity index is 2.61. The van der Waals surface area contributed by atoms with Crippen LogP contribution in [0.5, 0.6) is 0 Å². The minimum absolute atomic E-state index is 0.120. The van der Waals surface area contributed by atoms with E-state index in [4.69, 9.17) is 39.5 Å². The molecule has 1 atom stereocenters. The Kier molecular flexibility index (Phi) is 7.13. The van der Waals surface area contributed by atoms with Crippen molar-refractivity contribution in [3.05, 3.63) is 34.9 Å². The second kappa shape index (κ2) is 7.88. The number of rotatable bonds is 5. The number of carbonyl (C=O) groups excluding carboxylic acids is 1. The Morgan fingerprint density at radius 3 is 2.25 bits per heavy atom. The molecule has 0 fully saturated rings. The van der Waals surface area contributed by atoms with Gasteiger partial charge < -0.3 is 4.74 Å². The first-order valence-electron chi connectivity index (χ1n) is 6.08. The van der Waals surface area contributed by atoms with Crippen LogP contribution in [-0.2, 0) is 16.1 Å². The first-order chi connectivity index (χ1) is 9.21. The predicted octanol–water partition coefficient (Wildman–Crippen LogP) is 5.12. The Morgan fingerprint density at radius 2 is 1.80 bits per heavy atom. The van der Waals surface area contributed by atoms with Crippen LogP contribution in [0.25, 0.3) is 0 Å². The Hall–Kier alpha value is 0.0400. The smallest absolute Gasteiger partial charge is 0.310 e. The molecule has 0 heterocycles. The van der Waals surface area contributed by atoms with Crippen molar-refractivity contribution in [2.45, 2.75) is 30.7 Å². The maximum absolute atomic E-state index is 12.0. The molecule has 2 nitrogen and oxygen atoms in total. The number of aryl methyl sites for hydroxylation is 2. The van der Waals surface area contributed by atoms with Gasteiger partial charge in [0.15, 0.2) is 3.79 Å². The normalized spacial score (nSPS) is 13.1. The highest BCUT2D eigenvalue weighted by atomic mass is 79.9. The number of alkyl halides is 4. The fraction of sp³-hybridized carbons (Fsp3) is 0.500. The third kappa shape index (κ3) is 6.66. The van der Waals surface area contributed by atoms with Gasteiger partial charge in [0.2, 0.25) is 0 Å². The number of ether oxygens (including phenoxy) is 1. The van der Waals surface area contributed by atoms with Crippen LogP contribution < -0.4 is 0 Å². The Morgan fingerprint density at radius 1 is 1.25 bits per heavy atom. The largest absolute Gasteiger partial charge is 0.461 e. The van der Waals surface area contributed by atoms with Crippen molar-refractivity contribution in [3.8, 4) is 0 Å². The lowest BCUT2D eigenvalue weighted by atomic mass is 10.1. The standard InChI is InChI=1S/C14H16BrCl3O2/c1-9-3-10(2)5-11(4-9)8-20-13(19)12(7-15)6-14(16,17)18/h3-5,12H,6-8H2,1-2H3. The maximum atomic E-state index is 12.0. The van der Waals surface area contributed by atoms with Gasteiger partial charge in [0.05, 0.1) is 5.92 Å². The van der Waals surface area contributed by atoms with Gasteiger partial charge in [-0.25, -0.2) is 0 Å². The van der Waals surface area contributed by atoms with Gasteiger partial charge in [-0.15, -0.1) is 0 Å². The quantitative estimate of drug-likeness (QED) is 0.505. The van der Waals surface area contributed by atoms with E-state index in [1.165, 1.54) is 0 Å². The summed E-state index contributed by atoms with van der Waals surface area (Å²) in [4.78, 5) is 12.0. The number of hydrogen-bond acceptors (Lipinski definition) is 2. The zero-order valence-corrected chi connectivity index (χ0v) is 15.1. The molecule has 0 N–H and O–H groups in total. The van der Waals surface area contributed by atoms with Gasteiger partial charge >= 0.3 is 5.97 Å². The first-order valence-corrected chi connectivity index (χ1v) is 8.33. The average molecular weight is 403 g/mol.